The summed E-state index contributed by atoms with van der Waals surface area (Å²) in [6.45, 7) is 0.323. The number of fused-ring (bicyclic) bond motifs is 1. The second-order valence-electron chi connectivity index (χ2n) is 5.16. The Labute approximate surface area is 131 Å². The molecule has 0 amide bonds. The van der Waals surface area contributed by atoms with Crippen molar-refractivity contribution in [2.24, 2.45) is 0 Å². The fourth-order valence-corrected chi connectivity index (χ4v) is 2.42. The van der Waals surface area contributed by atoms with Gasteiger partial charge in [0.15, 0.2) is 5.78 Å². The Balaban J connectivity index is 1.96. The standard InChI is InChI=1S/C18H13FO4/c19-14-5-6-16-15(10-14)17(20)13(7-8-23-16)9-11-1-3-12(4-2-11)18(21)22/h1-6,9-10H,7-8H2,(H,21,22)/b13-9+. The summed E-state index contributed by atoms with van der Waals surface area (Å²) in [5.41, 5.74) is 1.58. The van der Waals surface area contributed by atoms with Crippen molar-refractivity contribution < 1.29 is 23.8 Å². The zero-order valence-electron chi connectivity index (χ0n) is 12.1. The van der Waals surface area contributed by atoms with Crippen molar-refractivity contribution in [3.05, 3.63) is 70.5 Å². The first-order valence-corrected chi connectivity index (χ1v) is 7.05. The highest BCUT2D eigenvalue weighted by Gasteiger charge is 2.21. The zero-order valence-corrected chi connectivity index (χ0v) is 12.1. The van der Waals surface area contributed by atoms with E-state index in [1.807, 2.05) is 0 Å². The molecule has 1 aliphatic heterocycles. The van der Waals surface area contributed by atoms with E-state index in [0.717, 1.165) is 0 Å². The summed E-state index contributed by atoms with van der Waals surface area (Å²) in [5.74, 6) is -1.40. The molecule has 3 rings (SSSR count). The van der Waals surface area contributed by atoms with Gasteiger partial charge in [0.25, 0.3) is 0 Å². The molecule has 1 N–H and O–H groups in total. The number of benzene rings is 2. The number of rotatable bonds is 2. The molecule has 0 fully saturated rings. The summed E-state index contributed by atoms with van der Waals surface area (Å²) in [4.78, 5) is 23.4. The van der Waals surface area contributed by atoms with Gasteiger partial charge in [0.05, 0.1) is 17.7 Å². The van der Waals surface area contributed by atoms with Crippen LogP contribution in [0.25, 0.3) is 6.08 Å². The third-order valence-electron chi connectivity index (χ3n) is 3.61. The van der Waals surface area contributed by atoms with Crippen molar-refractivity contribution in [1.29, 1.82) is 0 Å². The lowest BCUT2D eigenvalue weighted by atomic mass is 9.98. The van der Waals surface area contributed by atoms with E-state index in [0.29, 0.717) is 29.9 Å². The average molecular weight is 312 g/mol. The van der Waals surface area contributed by atoms with E-state index in [1.165, 1.54) is 30.3 Å². The molecule has 0 bridgehead atoms. The first kappa shape index (κ1) is 15.0. The van der Waals surface area contributed by atoms with E-state index in [4.69, 9.17) is 9.84 Å². The molecule has 4 nitrogen and oxygen atoms in total. The number of carbonyl (C=O) groups is 2. The van der Waals surface area contributed by atoms with Crippen molar-refractivity contribution >= 4 is 17.8 Å². The third kappa shape index (κ3) is 3.13. The molecule has 116 valence electrons. The Kier molecular flexibility index (Phi) is 3.93. The molecule has 1 heterocycles. The van der Waals surface area contributed by atoms with Gasteiger partial charge in [-0.3, -0.25) is 4.79 Å². The fourth-order valence-electron chi connectivity index (χ4n) is 2.42. The van der Waals surface area contributed by atoms with E-state index in [-0.39, 0.29) is 16.9 Å². The third-order valence-corrected chi connectivity index (χ3v) is 3.61. The molecule has 0 aliphatic carbocycles. The maximum atomic E-state index is 13.4. The Morgan fingerprint density at radius 1 is 1.17 bits per heavy atom. The van der Waals surface area contributed by atoms with Crippen LogP contribution in [0.3, 0.4) is 0 Å². The highest BCUT2D eigenvalue weighted by atomic mass is 19.1. The summed E-state index contributed by atoms with van der Waals surface area (Å²) in [7, 11) is 0. The highest BCUT2D eigenvalue weighted by molar-refractivity contribution is 6.13. The van der Waals surface area contributed by atoms with Gasteiger partial charge >= 0.3 is 5.97 Å². The number of Topliss-reactive ketones (excluding diaryl/α,β-unsaturated/α-hetero) is 1. The van der Waals surface area contributed by atoms with E-state index >= 15 is 0 Å². The number of carboxylic acids is 1. The second kappa shape index (κ2) is 6.04. The van der Waals surface area contributed by atoms with Gasteiger partial charge in [0.2, 0.25) is 0 Å². The predicted molar refractivity (Wildman–Crippen MR) is 82.2 cm³/mol. The maximum absolute atomic E-state index is 13.4. The topological polar surface area (TPSA) is 63.6 Å². The molecule has 0 saturated carbocycles. The van der Waals surface area contributed by atoms with Crippen LogP contribution in [0, 0.1) is 5.82 Å². The SMILES string of the molecule is O=C(O)c1ccc(/C=C2\CCOc3ccc(F)cc3C2=O)cc1. The zero-order chi connectivity index (χ0) is 16.4. The minimum absolute atomic E-state index is 0.176. The lowest BCUT2D eigenvalue weighted by Gasteiger charge is -2.05. The monoisotopic (exact) mass is 312 g/mol. The highest BCUT2D eigenvalue weighted by Crippen LogP contribution is 2.28. The molecule has 1 aliphatic rings. The minimum atomic E-state index is -1.01. The van der Waals surface area contributed by atoms with Crippen molar-refractivity contribution in [2.45, 2.75) is 6.42 Å². The lowest BCUT2D eigenvalue weighted by Crippen LogP contribution is -2.02. The Morgan fingerprint density at radius 3 is 2.61 bits per heavy atom. The van der Waals surface area contributed by atoms with Crippen LogP contribution in [0.2, 0.25) is 0 Å². The lowest BCUT2D eigenvalue weighted by molar-refractivity contribution is 0.0696. The van der Waals surface area contributed by atoms with Crippen LogP contribution in [0.15, 0.2) is 48.0 Å². The van der Waals surface area contributed by atoms with Crippen LogP contribution in [0.1, 0.15) is 32.7 Å². The van der Waals surface area contributed by atoms with Gasteiger partial charge < -0.3 is 9.84 Å². The minimum Gasteiger partial charge on any atom is -0.492 e. The summed E-state index contributed by atoms with van der Waals surface area (Å²) < 4.78 is 18.9. The molecule has 2 aromatic rings. The van der Waals surface area contributed by atoms with Gasteiger partial charge in [0.1, 0.15) is 11.6 Å². The maximum Gasteiger partial charge on any atom is 0.335 e. The smallest absolute Gasteiger partial charge is 0.335 e. The molecule has 0 radical (unpaired) electrons. The first-order valence-electron chi connectivity index (χ1n) is 7.05. The van der Waals surface area contributed by atoms with Crippen LogP contribution in [-0.2, 0) is 0 Å². The molecule has 5 heteroatoms. The molecule has 0 atom stereocenters. The van der Waals surface area contributed by atoms with Crippen molar-refractivity contribution in [3.63, 3.8) is 0 Å². The number of ketones is 1. The van der Waals surface area contributed by atoms with E-state index in [2.05, 4.69) is 0 Å². The Bertz CT molecular complexity index is 806. The summed E-state index contributed by atoms with van der Waals surface area (Å²) >= 11 is 0. The normalized spacial score (nSPS) is 15.7. The van der Waals surface area contributed by atoms with E-state index in [1.54, 1.807) is 18.2 Å². The van der Waals surface area contributed by atoms with Crippen molar-refractivity contribution in [2.75, 3.05) is 6.61 Å². The number of halogens is 1. The molecule has 0 aromatic heterocycles. The van der Waals surface area contributed by atoms with Gasteiger partial charge in [0, 0.05) is 12.0 Å². The van der Waals surface area contributed by atoms with Gasteiger partial charge in [-0.05, 0) is 42.0 Å². The molecular weight excluding hydrogens is 299 g/mol. The summed E-state index contributed by atoms with van der Waals surface area (Å²) in [5, 5.41) is 8.89. The quantitative estimate of drug-likeness (QED) is 0.861. The molecule has 0 saturated heterocycles. The largest absolute Gasteiger partial charge is 0.492 e. The number of carboxylic acid groups (broad SMARTS) is 1. The molecule has 23 heavy (non-hydrogen) atoms. The molecule has 2 aromatic carbocycles. The number of carbonyl (C=O) groups excluding carboxylic acids is 1. The van der Waals surface area contributed by atoms with Crippen LogP contribution in [-0.4, -0.2) is 23.5 Å². The van der Waals surface area contributed by atoms with Crippen LogP contribution in [0.5, 0.6) is 5.75 Å². The van der Waals surface area contributed by atoms with Crippen LogP contribution in [0.4, 0.5) is 4.39 Å². The summed E-state index contributed by atoms with van der Waals surface area (Å²) in [6, 6.07) is 10.1. The van der Waals surface area contributed by atoms with Gasteiger partial charge in [-0.2, -0.15) is 0 Å². The average Bonchev–Trinajstić information content (AvgIpc) is 2.68. The number of aromatic carboxylic acids is 1. The molecule has 0 spiro atoms. The Hall–Kier alpha value is -2.95. The van der Waals surface area contributed by atoms with Crippen LogP contribution >= 0.6 is 0 Å². The number of ether oxygens (including phenoxy) is 1. The Morgan fingerprint density at radius 2 is 1.91 bits per heavy atom. The van der Waals surface area contributed by atoms with Gasteiger partial charge in [-0.15, -0.1) is 0 Å². The number of hydrogen-bond donors (Lipinski definition) is 1. The first-order chi connectivity index (χ1) is 11.0. The number of hydrogen-bond acceptors (Lipinski definition) is 3. The van der Waals surface area contributed by atoms with E-state index < -0.39 is 11.8 Å². The van der Waals surface area contributed by atoms with E-state index in [9.17, 15) is 14.0 Å². The van der Waals surface area contributed by atoms with Gasteiger partial charge in [-0.1, -0.05) is 12.1 Å². The van der Waals surface area contributed by atoms with Crippen molar-refractivity contribution in [3.8, 4) is 5.75 Å². The second-order valence-corrected chi connectivity index (χ2v) is 5.16. The summed E-state index contributed by atoms with van der Waals surface area (Å²) in [6.07, 6.45) is 2.08. The van der Waals surface area contributed by atoms with Crippen molar-refractivity contribution in [1.82, 2.24) is 0 Å². The van der Waals surface area contributed by atoms with Crippen LogP contribution < -0.4 is 4.74 Å². The fraction of sp³-hybridized carbons (Fsp3) is 0.111. The predicted octanol–water partition coefficient (Wildman–Crippen LogP) is 3.57. The molecular formula is C18H13FO4. The van der Waals surface area contributed by atoms with Gasteiger partial charge in [-0.25, -0.2) is 9.18 Å². The molecule has 0 unspecified atom stereocenters.